The lowest BCUT2D eigenvalue weighted by atomic mass is 10.3. The molecule has 0 aliphatic carbocycles. The van der Waals surface area contributed by atoms with Gasteiger partial charge in [0, 0.05) is 18.0 Å². The van der Waals surface area contributed by atoms with Gasteiger partial charge in [-0.15, -0.1) is 0 Å². The molecule has 7 nitrogen and oxygen atoms in total. The van der Waals surface area contributed by atoms with Crippen LogP contribution in [0.3, 0.4) is 0 Å². The number of aromatic amines is 1. The number of pyridine rings is 1. The van der Waals surface area contributed by atoms with Crippen LogP contribution in [-0.2, 0) is 0 Å². The summed E-state index contributed by atoms with van der Waals surface area (Å²) in [6.07, 6.45) is 1.44. The zero-order valence-corrected chi connectivity index (χ0v) is 9.64. The Morgan fingerprint density at radius 1 is 1.44 bits per heavy atom. The van der Waals surface area contributed by atoms with Gasteiger partial charge in [0.25, 0.3) is 5.91 Å². The third-order valence-corrected chi connectivity index (χ3v) is 2.30. The largest absolute Gasteiger partial charge is 0.358 e. The van der Waals surface area contributed by atoms with Crippen molar-refractivity contribution in [3.8, 4) is 0 Å². The highest BCUT2D eigenvalue weighted by Gasteiger charge is 2.15. The van der Waals surface area contributed by atoms with Gasteiger partial charge in [-0.1, -0.05) is 11.6 Å². The molecule has 2 N–H and O–H groups in total. The van der Waals surface area contributed by atoms with Crippen molar-refractivity contribution >= 4 is 29.0 Å². The molecule has 0 unspecified atom stereocenters. The summed E-state index contributed by atoms with van der Waals surface area (Å²) < 4.78 is 0. The van der Waals surface area contributed by atoms with E-state index in [0.29, 0.717) is 5.69 Å². The molecule has 18 heavy (non-hydrogen) atoms. The van der Waals surface area contributed by atoms with Gasteiger partial charge in [-0.3, -0.25) is 4.79 Å². The predicted octanol–water partition coefficient (Wildman–Crippen LogP) is 2.22. The first-order chi connectivity index (χ1) is 8.56. The van der Waals surface area contributed by atoms with E-state index < -0.39 is 10.8 Å². The maximum Gasteiger partial charge on any atom is 0.321 e. The molecule has 2 aromatic rings. The molecule has 2 rings (SSSR count). The molecule has 0 saturated heterocycles. The standard InChI is InChI=1S/C10H7ClN4O3/c11-8-5-6(3-4-12-8)13-10(16)7-1-2-9(14-7)15(17)18/h1-5,14H,(H,12,13,16). The van der Waals surface area contributed by atoms with Crippen molar-refractivity contribution in [3.05, 3.63) is 51.4 Å². The third kappa shape index (κ3) is 2.64. The Kier molecular flexibility index (Phi) is 3.24. The van der Waals surface area contributed by atoms with Crippen LogP contribution in [0.5, 0.6) is 0 Å². The average molecular weight is 267 g/mol. The number of hydrogen-bond donors (Lipinski definition) is 2. The van der Waals surface area contributed by atoms with Crippen LogP contribution in [0.15, 0.2) is 30.5 Å². The number of nitro groups is 1. The topological polar surface area (TPSA) is 101 Å². The molecule has 0 aliphatic rings. The molecule has 0 fully saturated rings. The monoisotopic (exact) mass is 266 g/mol. The molecular weight excluding hydrogens is 260 g/mol. The minimum Gasteiger partial charge on any atom is -0.358 e. The van der Waals surface area contributed by atoms with Crippen molar-refractivity contribution < 1.29 is 9.72 Å². The van der Waals surface area contributed by atoms with Gasteiger partial charge in [-0.25, -0.2) is 9.97 Å². The molecule has 0 bridgehead atoms. The van der Waals surface area contributed by atoms with Crippen molar-refractivity contribution in [2.75, 3.05) is 5.32 Å². The highest BCUT2D eigenvalue weighted by molar-refractivity contribution is 6.29. The Morgan fingerprint density at radius 3 is 2.83 bits per heavy atom. The van der Waals surface area contributed by atoms with Crippen molar-refractivity contribution in [2.24, 2.45) is 0 Å². The molecule has 2 heterocycles. The highest BCUT2D eigenvalue weighted by atomic mass is 35.5. The lowest BCUT2D eigenvalue weighted by Gasteiger charge is -2.01. The van der Waals surface area contributed by atoms with Gasteiger partial charge >= 0.3 is 5.82 Å². The van der Waals surface area contributed by atoms with Crippen molar-refractivity contribution in [2.45, 2.75) is 0 Å². The molecule has 2 aromatic heterocycles. The minimum atomic E-state index is -0.611. The van der Waals surface area contributed by atoms with Gasteiger partial charge in [0.05, 0.1) is 0 Å². The first kappa shape index (κ1) is 12.1. The van der Waals surface area contributed by atoms with Crippen LogP contribution in [0.4, 0.5) is 11.5 Å². The van der Waals surface area contributed by atoms with Crippen molar-refractivity contribution in [1.29, 1.82) is 0 Å². The maximum atomic E-state index is 11.7. The predicted molar refractivity (Wildman–Crippen MR) is 64.6 cm³/mol. The van der Waals surface area contributed by atoms with Gasteiger partial charge < -0.3 is 15.4 Å². The van der Waals surface area contributed by atoms with E-state index in [2.05, 4.69) is 15.3 Å². The zero-order chi connectivity index (χ0) is 13.1. The maximum absolute atomic E-state index is 11.7. The van der Waals surface area contributed by atoms with Crippen LogP contribution in [0.1, 0.15) is 10.5 Å². The molecule has 0 radical (unpaired) electrons. The zero-order valence-electron chi connectivity index (χ0n) is 8.88. The van der Waals surface area contributed by atoms with E-state index in [1.807, 2.05) is 0 Å². The Bertz CT molecular complexity index is 611. The molecule has 0 spiro atoms. The lowest BCUT2D eigenvalue weighted by molar-refractivity contribution is -0.389. The number of nitrogens with one attached hydrogen (secondary N) is 2. The van der Waals surface area contributed by atoms with Gasteiger partial charge in [0.1, 0.15) is 5.15 Å². The number of aromatic nitrogens is 2. The van der Waals surface area contributed by atoms with E-state index in [0.717, 1.165) is 0 Å². The summed E-state index contributed by atoms with van der Waals surface area (Å²) in [7, 11) is 0. The first-order valence-corrected chi connectivity index (χ1v) is 5.20. The van der Waals surface area contributed by atoms with Crippen molar-refractivity contribution in [3.63, 3.8) is 0 Å². The van der Waals surface area contributed by atoms with Crippen LogP contribution in [0.25, 0.3) is 0 Å². The van der Waals surface area contributed by atoms with Crippen LogP contribution in [0.2, 0.25) is 5.15 Å². The van der Waals surface area contributed by atoms with Crippen LogP contribution in [0, 0.1) is 10.1 Å². The molecule has 0 atom stereocenters. The van der Waals surface area contributed by atoms with E-state index in [-0.39, 0.29) is 16.7 Å². The summed E-state index contributed by atoms with van der Waals surface area (Å²) >= 11 is 5.66. The summed E-state index contributed by atoms with van der Waals surface area (Å²) in [5.41, 5.74) is 0.548. The molecule has 92 valence electrons. The number of carbonyl (C=O) groups is 1. The average Bonchev–Trinajstić information content (AvgIpc) is 2.78. The second-order valence-corrected chi connectivity index (χ2v) is 3.72. The number of rotatable bonds is 3. The number of halogens is 1. The second kappa shape index (κ2) is 4.84. The SMILES string of the molecule is O=C(Nc1ccnc(Cl)c1)c1ccc([N+](=O)[O-])[nH]1. The molecule has 8 heteroatoms. The van der Waals surface area contributed by atoms with Gasteiger partial charge in [0.15, 0.2) is 5.69 Å². The Hall–Kier alpha value is -2.41. The number of hydrogen-bond acceptors (Lipinski definition) is 4. The summed E-state index contributed by atoms with van der Waals surface area (Å²) in [6.45, 7) is 0. The Labute approximate surface area is 106 Å². The summed E-state index contributed by atoms with van der Waals surface area (Å²) in [4.78, 5) is 27.7. The normalized spacial score (nSPS) is 10.1. The molecular formula is C10H7ClN4O3. The third-order valence-electron chi connectivity index (χ3n) is 2.10. The summed E-state index contributed by atoms with van der Waals surface area (Å²) in [6, 6.07) is 5.57. The quantitative estimate of drug-likeness (QED) is 0.505. The number of anilines is 1. The Morgan fingerprint density at radius 2 is 2.22 bits per heavy atom. The summed E-state index contributed by atoms with van der Waals surface area (Å²) in [5.74, 6) is -0.738. The molecule has 1 amide bonds. The van der Waals surface area contributed by atoms with E-state index in [4.69, 9.17) is 11.6 Å². The fourth-order valence-corrected chi connectivity index (χ4v) is 1.48. The first-order valence-electron chi connectivity index (χ1n) is 4.82. The highest BCUT2D eigenvalue weighted by Crippen LogP contribution is 2.15. The molecule has 0 aliphatic heterocycles. The van der Waals surface area contributed by atoms with Crippen LogP contribution >= 0.6 is 11.6 Å². The smallest absolute Gasteiger partial charge is 0.321 e. The van der Waals surface area contributed by atoms with Gasteiger partial charge in [-0.2, -0.15) is 0 Å². The summed E-state index contributed by atoms with van der Waals surface area (Å²) in [5, 5.41) is 13.2. The van der Waals surface area contributed by atoms with E-state index in [1.54, 1.807) is 6.07 Å². The van der Waals surface area contributed by atoms with E-state index >= 15 is 0 Å². The number of amides is 1. The Balaban J connectivity index is 2.14. The van der Waals surface area contributed by atoms with Crippen LogP contribution in [-0.4, -0.2) is 20.8 Å². The van der Waals surface area contributed by atoms with Gasteiger partial charge in [0.2, 0.25) is 0 Å². The fourth-order valence-electron chi connectivity index (χ4n) is 1.30. The van der Waals surface area contributed by atoms with Crippen LogP contribution < -0.4 is 5.32 Å². The second-order valence-electron chi connectivity index (χ2n) is 3.34. The fraction of sp³-hybridized carbons (Fsp3) is 0. The number of nitrogens with zero attached hydrogens (tertiary/aromatic N) is 2. The van der Waals surface area contributed by atoms with Crippen molar-refractivity contribution in [1.82, 2.24) is 9.97 Å². The van der Waals surface area contributed by atoms with E-state index in [1.165, 1.54) is 24.4 Å². The minimum absolute atomic E-state index is 0.0923. The van der Waals surface area contributed by atoms with Gasteiger partial charge in [-0.05, 0) is 23.1 Å². The molecule has 0 aromatic carbocycles. The number of H-pyrrole nitrogens is 1. The van der Waals surface area contributed by atoms with E-state index in [9.17, 15) is 14.9 Å². The number of carbonyl (C=O) groups excluding carboxylic acids is 1. The lowest BCUT2D eigenvalue weighted by Crippen LogP contribution is -2.12. The molecule has 0 saturated carbocycles.